The van der Waals surface area contributed by atoms with Crippen LogP contribution >= 0.6 is 11.3 Å². The number of hydrogen-bond donors (Lipinski definition) is 0. The average molecular weight is 589 g/mol. The summed E-state index contributed by atoms with van der Waals surface area (Å²) in [5, 5.41) is 13.0. The molecule has 0 saturated heterocycles. The summed E-state index contributed by atoms with van der Waals surface area (Å²) in [6.07, 6.45) is 0. The molecule has 0 spiro atoms. The second-order valence-electron chi connectivity index (χ2n) is 12.1. The van der Waals surface area contributed by atoms with Crippen LogP contribution in [0.1, 0.15) is 0 Å². The Kier molecular flexibility index (Phi) is 4.49. The van der Waals surface area contributed by atoms with Crippen molar-refractivity contribution >= 4 is 102 Å². The maximum atomic E-state index is 2.61. The molecule has 0 N–H and O–H groups in total. The minimum absolute atomic E-state index is 1.17. The van der Waals surface area contributed by atoms with Gasteiger partial charge in [-0.25, -0.2) is 0 Å². The monoisotopic (exact) mass is 588 g/mol. The zero-order chi connectivity index (χ0) is 29.2. The number of para-hydroxylation sites is 3. The lowest BCUT2D eigenvalue weighted by atomic mass is 10.0. The van der Waals surface area contributed by atoms with E-state index >= 15 is 0 Å². The predicted molar refractivity (Wildman–Crippen MR) is 195 cm³/mol. The maximum absolute atomic E-state index is 2.61. The Morgan fingerprint density at radius 1 is 0.333 bits per heavy atom. The van der Waals surface area contributed by atoms with Gasteiger partial charge in [0.2, 0.25) is 0 Å². The van der Waals surface area contributed by atoms with Gasteiger partial charge in [-0.3, -0.25) is 0 Å². The van der Waals surface area contributed by atoms with Gasteiger partial charge >= 0.3 is 0 Å². The van der Waals surface area contributed by atoms with Gasteiger partial charge in [-0.15, -0.1) is 11.3 Å². The van der Waals surface area contributed by atoms with Crippen LogP contribution in [0.25, 0.3) is 96.5 Å². The van der Waals surface area contributed by atoms with E-state index in [1.165, 1.54) is 96.5 Å². The fourth-order valence-electron chi connectivity index (χ4n) is 8.11. The minimum Gasteiger partial charge on any atom is -0.309 e. The van der Waals surface area contributed by atoms with Gasteiger partial charge in [0.1, 0.15) is 0 Å². The summed E-state index contributed by atoms with van der Waals surface area (Å²) in [7, 11) is 0. The molecule has 0 bridgehead atoms. The molecule has 11 rings (SSSR count). The second-order valence-corrected chi connectivity index (χ2v) is 13.1. The van der Waals surface area contributed by atoms with Gasteiger partial charge in [0, 0.05) is 52.8 Å². The highest BCUT2D eigenvalue weighted by molar-refractivity contribution is 7.26. The number of rotatable bonds is 1. The first-order chi connectivity index (χ1) is 22.4. The van der Waals surface area contributed by atoms with E-state index in [-0.39, 0.29) is 0 Å². The molecule has 208 valence electrons. The van der Waals surface area contributed by atoms with E-state index in [1.54, 1.807) is 0 Å². The van der Waals surface area contributed by atoms with Gasteiger partial charge in [0.15, 0.2) is 0 Å². The first-order valence-electron chi connectivity index (χ1n) is 15.5. The van der Waals surface area contributed by atoms with Gasteiger partial charge in [-0.05, 0) is 58.6 Å². The molecule has 4 heterocycles. The summed E-state index contributed by atoms with van der Waals surface area (Å²) < 4.78 is 7.70. The van der Waals surface area contributed by atoms with Gasteiger partial charge in [0.05, 0.1) is 27.6 Å². The van der Waals surface area contributed by atoms with Crippen LogP contribution in [-0.2, 0) is 0 Å². The van der Waals surface area contributed by atoms with E-state index in [0.29, 0.717) is 0 Å². The van der Waals surface area contributed by atoms with Crippen molar-refractivity contribution in [3.63, 3.8) is 0 Å². The topological polar surface area (TPSA) is 9.34 Å². The SMILES string of the molecule is c1ccc(-n2c3ccccc3c3c2ccc2c4ccc5sc6cccc7c8ccccc8c8ccccc8n(c4c5c67)c23)cc1. The van der Waals surface area contributed by atoms with E-state index in [0.717, 1.165) is 0 Å². The summed E-state index contributed by atoms with van der Waals surface area (Å²) in [4.78, 5) is 0. The lowest BCUT2D eigenvalue weighted by Crippen LogP contribution is -1.93. The van der Waals surface area contributed by atoms with E-state index in [1.807, 2.05) is 11.3 Å². The fraction of sp³-hybridized carbons (Fsp3) is 0. The number of hydrogen-bond acceptors (Lipinski definition) is 1. The Bertz CT molecular complexity index is 3030. The molecule has 11 aromatic rings. The first-order valence-corrected chi connectivity index (χ1v) is 16.3. The zero-order valence-corrected chi connectivity index (χ0v) is 25.0. The highest BCUT2D eigenvalue weighted by Crippen LogP contribution is 2.48. The Morgan fingerprint density at radius 2 is 0.933 bits per heavy atom. The van der Waals surface area contributed by atoms with Crippen LogP contribution in [0.2, 0.25) is 0 Å². The van der Waals surface area contributed by atoms with Crippen molar-refractivity contribution < 1.29 is 0 Å². The van der Waals surface area contributed by atoms with Gasteiger partial charge in [0.25, 0.3) is 0 Å². The Hall–Kier alpha value is -5.64. The molecule has 0 fully saturated rings. The highest BCUT2D eigenvalue weighted by atomic mass is 32.1. The lowest BCUT2D eigenvalue weighted by Gasteiger charge is -2.08. The standard InChI is InChI=1S/C42H24N2S/c1-2-11-25(12-3-1)43-34-19-9-7-16-32(34)38-35(43)23-21-30-31-22-24-37-40-39-29(17-10-20-36(39)45-37)27-14-5-4-13-26(27)28-15-6-8-18-33(28)44(41(30)38)42(31)40/h1-24H. The quantitative estimate of drug-likeness (QED) is 0.180. The molecular formula is C42H24N2S. The Balaban J connectivity index is 1.56. The van der Waals surface area contributed by atoms with Crippen molar-refractivity contribution in [1.29, 1.82) is 0 Å². The molecule has 0 unspecified atom stereocenters. The Morgan fingerprint density at radius 3 is 1.76 bits per heavy atom. The molecular weight excluding hydrogens is 565 g/mol. The number of benzene rings is 7. The summed E-state index contributed by atoms with van der Waals surface area (Å²) >= 11 is 1.91. The number of aromatic nitrogens is 2. The van der Waals surface area contributed by atoms with Crippen molar-refractivity contribution in [1.82, 2.24) is 8.97 Å². The van der Waals surface area contributed by atoms with Crippen LogP contribution in [-0.4, -0.2) is 8.97 Å². The molecule has 0 atom stereocenters. The smallest absolute Gasteiger partial charge is 0.0641 e. The van der Waals surface area contributed by atoms with Crippen LogP contribution in [0.4, 0.5) is 0 Å². The summed E-state index contributed by atoms with van der Waals surface area (Å²) in [5.41, 5.74) is 7.40. The number of nitrogens with zero attached hydrogens (tertiary/aromatic N) is 2. The third-order valence-corrected chi connectivity index (χ3v) is 11.0. The molecule has 45 heavy (non-hydrogen) atoms. The van der Waals surface area contributed by atoms with E-state index in [4.69, 9.17) is 0 Å². The fourth-order valence-corrected chi connectivity index (χ4v) is 9.25. The highest BCUT2D eigenvalue weighted by Gasteiger charge is 2.23. The molecule has 0 saturated carbocycles. The average Bonchev–Trinajstić information content (AvgIpc) is 3.76. The molecule has 7 aromatic carbocycles. The van der Waals surface area contributed by atoms with Crippen molar-refractivity contribution in [2.75, 3.05) is 0 Å². The molecule has 4 aromatic heterocycles. The van der Waals surface area contributed by atoms with Crippen molar-refractivity contribution in [2.45, 2.75) is 0 Å². The molecule has 0 amide bonds. The van der Waals surface area contributed by atoms with Crippen molar-refractivity contribution in [2.24, 2.45) is 0 Å². The summed E-state index contributed by atoms with van der Waals surface area (Å²) in [6.45, 7) is 0. The molecule has 0 aliphatic heterocycles. The van der Waals surface area contributed by atoms with Gasteiger partial charge in [-0.1, -0.05) is 103 Å². The maximum Gasteiger partial charge on any atom is 0.0641 e. The molecule has 0 aliphatic carbocycles. The minimum atomic E-state index is 1.17. The summed E-state index contributed by atoms with van der Waals surface area (Å²) in [6, 6.07) is 53.9. The number of thiophene rings is 1. The normalized spacial score (nSPS) is 12.4. The molecule has 3 heteroatoms. The third kappa shape index (κ3) is 2.94. The lowest BCUT2D eigenvalue weighted by molar-refractivity contribution is 1.18. The zero-order valence-electron chi connectivity index (χ0n) is 24.2. The van der Waals surface area contributed by atoms with Crippen LogP contribution < -0.4 is 0 Å². The van der Waals surface area contributed by atoms with Crippen molar-refractivity contribution in [3.8, 4) is 5.69 Å². The predicted octanol–water partition coefficient (Wildman–Crippen LogP) is 12.0. The van der Waals surface area contributed by atoms with Crippen LogP contribution in [0.15, 0.2) is 146 Å². The van der Waals surface area contributed by atoms with Gasteiger partial charge in [-0.2, -0.15) is 0 Å². The second kappa shape index (κ2) is 8.50. The van der Waals surface area contributed by atoms with Crippen molar-refractivity contribution in [3.05, 3.63) is 146 Å². The van der Waals surface area contributed by atoms with E-state index < -0.39 is 0 Å². The largest absolute Gasteiger partial charge is 0.309 e. The van der Waals surface area contributed by atoms with Crippen LogP contribution in [0.3, 0.4) is 0 Å². The molecule has 0 radical (unpaired) electrons. The van der Waals surface area contributed by atoms with E-state index in [9.17, 15) is 0 Å². The Labute approximate surface area is 261 Å². The van der Waals surface area contributed by atoms with Crippen LogP contribution in [0, 0.1) is 0 Å². The molecule has 2 nitrogen and oxygen atoms in total. The third-order valence-electron chi connectivity index (χ3n) is 9.85. The van der Waals surface area contributed by atoms with Gasteiger partial charge < -0.3 is 8.97 Å². The van der Waals surface area contributed by atoms with Crippen LogP contribution in [0.5, 0.6) is 0 Å². The number of fused-ring (bicyclic) bond motifs is 12. The first kappa shape index (κ1) is 23.8. The van der Waals surface area contributed by atoms with E-state index in [2.05, 4.69) is 155 Å². The summed E-state index contributed by atoms with van der Waals surface area (Å²) in [5.74, 6) is 0. The molecule has 0 aliphatic rings.